The number of benzene rings is 1. The number of ether oxygens (including phenoxy) is 2. The van der Waals surface area contributed by atoms with Gasteiger partial charge in [-0.25, -0.2) is 0 Å². The number of methoxy groups -OCH3 is 1. The van der Waals surface area contributed by atoms with Crippen LogP contribution >= 0.6 is 11.6 Å². The summed E-state index contributed by atoms with van der Waals surface area (Å²) in [6, 6.07) is 11.2. The van der Waals surface area contributed by atoms with Gasteiger partial charge in [0.05, 0.1) is 18.4 Å². The third-order valence-electron chi connectivity index (χ3n) is 5.60. The number of fused-ring (bicyclic) bond motifs is 1. The molecule has 0 unspecified atom stereocenters. The molecule has 4 rings (SSSR count). The zero-order chi connectivity index (χ0) is 21.6. The molecule has 0 radical (unpaired) electrons. The number of hydrogen-bond acceptors (Lipinski definition) is 5. The predicted octanol–water partition coefficient (Wildman–Crippen LogP) is 4.53. The Morgan fingerprint density at radius 2 is 2.06 bits per heavy atom. The summed E-state index contributed by atoms with van der Waals surface area (Å²) in [6.45, 7) is 3.48. The Morgan fingerprint density at radius 3 is 2.81 bits per heavy atom. The molecule has 0 saturated heterocycles. The molecule has 3 heterocycles. The molecule has 0 fully saturated rings. The fourth-order valence-electron chi connectivity index (χ4n) is 3.84. The van der Waals surface area contributed by atoms with Crippen LogP contribution in [0.25, 0.3) is 5.57 Å². The molecule has 7 heteroatoms. The van der Waals surface area contributed by atoms with Gasteiger partial charge in [0.2, 0.25) is 0 Å². The Bertz CT molecular complexity index is 991. The zero-order valence-electron chi connectivity index (χ0n) is 17.6. The lowest BCUT2D eigenvalue weighted by Crippen LogP contribution is -2.31. The number of aromatic nitrogens is 1. The van der Waals surface area contributed by atoms with Crippen LogP contribution in [0.15, 0.2) is 60.1 Å². The van der Waals surface area contributed by atoms with Gasteiger partial charge in [0, 0.05) is 31.9 Å². The third-order valence-corrected chi connectivity index (χ3v) is 5.89. The van der Waals surface area contributed by atoms with Crippen LogP contribution in [0.4, 0.5) is 0 Å². The first-order valence-electron chi connectivity index (χ1n) is 10.5. The van der Waals surface area contributed by atoms with Crippen LogP contribution in [-0.4, -0.2) is 54.0 Å². The quantitative estimate of drug-likeness (QED) is 0.468. The van der Waals surface area contributed by atoms with Crippen molar-refractivity contribution in [2.45, 2.75) is 19.3 Å². The number of hydrogen-bond donors (Lipinski definition) is 0. The number of pyridine rings is 1. The number of nitrogens with zero attached hydrogens (tertiary/aromatic N) is 3. The van der Waals surface area contributed by atoms with Crippen molar-refractivity contribution in [1.82, 2.24) is 14.8 Å². The van der Waals surface area contributed by atoms with Gasteiger partial charge in [-0.15, -0.1) is 0 Å². The molecule has 1 amide bonds. The van der Waals surface area contributed by atoms with Crippen molar-refractivity contribution in [2.75, 3.05) is 33.3 Å². The van der Waals surface area contributed by atoms with Crippen LogP contribution in [-0.2, 0) is 0 Å². The molecule has 0 N–H and O–H groups in total. The lowest BCUT2D eigenvalue weighted by molar-refractivity contribution is 0.0814. The highest BCUT2D eigenvalue weighted by molar-refractivity contribution is 6.30. The smallest absolute Gasteiger partial charge is 0.262 e. The molecular formula is C24H26ClN3O3. The van der Waals surface area contributed by atoms with Gasteiger partial charge < -0.3 is 9.47 Å². The summed E-state index contributed by atoms with van der Waals surface area (Å²) in [4.78, 5) is 21.4. The average Bonchev–Trinajstić information content (AvgIpc) is 2.93. The van der Waals surface area contributed by atoms with Crippen molar-refractivity contribution in [3.05, 3.63) is 71.3 Å². The fourth-order valence-corrected chi connectivity index (χ4v) is 4.04. The van der Waals surface area contributed by atoms with Gasteiger partial charge in [0.25, 0.3) is 5.91 Å². The first kappa shape index (κ1) is 21.4. The molecule has 2 aromatic rings. The maximum Gasteiger partial charge on any atom is 0.262 e. The van der Waals surface area contributed by atoms with E-state index in [-0.39, 0.29) is 5.91 Å². The number of halogens is 1. The van der Waals surface area contributed by atoms with E-state index in [0.29, 0.717) is 28.8 Å². The SMILES string of the molecule is COc1ccc2c(c1)OC=C(Cl)N(CCCCN1CC=C(c3ccccn3)CC1)C2=O. The summed E-state index contributed by atoms with van der Waals surface area (Å²) in [6.07, 6.45) is 8.37. The van der Waals surface area contributed by atoms with E-state index in [0.717, 1.165) is 44.6 Å². The molecule has 2 aliphatic rings. The highest BCUT2D eigenvalue weighted by atomic mass is 35.5. The minimum Gasteiger partial charge on any atom is -0.497 e. The van der Waals surface area contributed by atoms with Gasteiger partial charge in [-0.1, -0.05) is 23.7 Å². The summed E-state index contributed by atoms with van der Waals surface area (Å²) < 4.78 is 10.8. The molecule has 0 atom stereocenters. The zero-order valence-corrected chi connectivity index (χ0v) is 18.3. The first-order valence-corrected chi connectivity index (χ1v) is 10.9. The molecule has 0 bridgehead atoms. The Hall–Kier alpha value is -2.83. The summed E-state index contributed by atoms with van der Waals surface area (Å²) in [7, 11) is 1.58. The van der Waals surface area contributed by atoms with E-state index in [1.54, 1.807) is 30.2 Å². The molecule has 1 aromatic heterocycles. The number of rotatable bonds is 7. The maximum absolute atomic E-state index is 13.0. The Balaban J connectivity index is 1.28. The second kappa shape index (κ2) is 9.98. The molecule has 0 aliphatic carbocycles. The molecular weight excluding hydrogens is 414 g/mol. The standard InChI is InChI=1S/C24H26ClN3O3/c1-30-19-7-8-20-22(16-19)31-17-23(25)28(24(20)29)13-5-4-12-27-14-9-18(10-15-27)21-6-2-3-11-26-21/h2-3,6-9,11,16-17H,4-5,10,12-15H2,1H3. The van der Waals surface area contributed by atoms with Gasteiger partial charge in [0.15, 0.2) is 0 Å². The van der Waals surface area contributed by atoms with Crippen molar-refractivity contribution in [3.8, 4) is 11.5 Å². The largest absolute Gasteiger partial charge is 0.497 e. The van der Waals surface area contributed by atoms with Crippen LogP contribution in [0.5, 0.6) is 11.5 Å². The van der Waals surface area contributed by atoms with E-state index in [4.69, 9.17) is 21.1 Å². The molecule has 6 nitrogen and oxygen atoms in total. The summed E-state index contributed by atoms with van der Waals surface area (Å²) in [5.74, 6) is 0.928. The van der Waals surface area contributed by atoms with E-state index in [2.05, 4.69) is 22.0 Å². The number of amides is 1. The monoisotopic (exact) mass is 439 g/mol. The highest BCUT2D eigenvalue weighted by Crippen LogP contribution is 2.31. The Kier molecular flexibility index (Phi) is 6.89. The van der Waals surface area contributed by atoms with Crippen LogP contribution in [0.3, 0.4) is 0 Å². The maximum atomic E-state index is 13.0. The van der Waals surface area contributed by atoms with Gasteiger partial charge in [-0.3, -0.25) is 19.6 Å². The number of carbonyl (C=O) groups excluding carboxylic acids is 1. The molecule has 0 spiro atoms. The van der Waals surface area contributed by atoms with Crippen LogP contribution in [0.2, 0.25) is 0 Å². The van der Waals surface area contributed by atoms with Crippen molar-refractivity contribution >= 4 is 23.1 Å². The normalized spacial score (nSPS) is 16.7. The van der Waals surface area contributed by atoms with E-state index in [1.807, 2.05) is 18.3 Å². The minimum atomic E-state index is -0.155. The van der Waals surface area contributed by atoms with Crippen LogP contribution in [0.1, 0.15) is 35.3 Å². The molecule has 1 aromatic carbocycles. The summed E-state index contributed by atoms with van der Waals surface area (Å²) >= 11 is 6.33. The van der Waals surface area contributed by atoms with Gasteiger partial charge in [-0.2, -0.15) is 0 Å². The van der Waals surface area contributed by atoms with Crippen molar-refractivity contribution in [1.29, 1.82) is 0 Å². The summed E-state index contributed by atoms with van der Waals surface area (Å²) in [5, 5.41) is 0.293. The third kappa shape index (κ3) is 5.09. The average molecular weight is 440 g/mol. The summed E-state index contributed by atoms with van der Waals surface area (Å²) in [5.41, 5.74) is 2.87. The van der Waals surface area contributed by atoms with Crippen LogP contribution in [0, 0.1) is 0 Å². The van der Waals surface area contributed by atoms with Crippen LogP contribution < -0.4 is 9.47 Å². The lowest BCUT2D eigenvalue weighted by Gasteiger charge is -2.26. The molecule has 162 valence electrons. The molecule has 2 aliphatic heterocycles. The van der Waals surface area contributed by atoms with Crippen molar-refractivity contribution in [2.24, 2.45) is 0 Å². The number of unbranched alkanes of at least 4 members (excludes halogenated alkanes) is 1. The highest BCUT2D eigenvalue weighted by Gasteiger charge is 2.25. The van der Waals surface area contributed by atoms with E-state index < -0.39 is 0 Å². The first-order chi connectivity index (χ1) is 15.2. The molecule has 31 heavy (non-hydrogen) atoms. The lowest BCUT2D eigenvalue weighted by atomic mass is 10.0. The van der Waals surface area contributed by atoms with E-state index >= 15 is 0 Å². The predicted molar refractivity (Wildman–Crippen MR) is 121 cm³/mol. The fraction of sp³-hybridized carbons (Fsp3) is 0.333. The second-order valence-corrected chi connectivity index (χ2v) is 7.97. The van der Waals surface area contributed by atoms with Gasteiger partial charge >= 0.3 is 0 Å². The molecule has 0 saturated carbocycles. The van der Waals surface area contributed by atoms with E-state index in [1.165, 1.54) is 11.8 Å². The van der Waals surface area contributed by atoms with Gasteiger partial charge in [0.1, 0.15) is 22.9 Å². The van der Waals surface area contributed by atoms with Gasteiger partial charge in [-0.05, 0) is 55.6 Å². The topological polar surface area (TPSA) is 54.9 Å². The van der Waals surface area contributed by atoms with E-state index in [9.17, 15) is 4.79 Å². The van der Waals surface area contributed by atoms with Crippen molar-refractivity contribution < 1.29 is 14.3 Å². The Labute approximate surface area is 187 Å². The Morgan fingerprint density at radius 1 is 1.19 bits per heavy atom. The minimum absolute atomic E-state index is 0.155. The number of carbonyl (C=O) groups is 1. The van der Waals surface area contributed by atoms with Crippen molar-refractivity contribution in [3.63, 3.8) is 0 Å². The second-order valence-electron chi connectivity index (χ2n) is 7.58.